The molecule has 2 nitrogen and oxygen atoms in total. The molecule has 0 saturated carbocycles. The molecule has 2 heteroatoms. The Labute approximate surface area is 145 Å². The molecule has 0 N–H and O–H groups in total. The molecule has 0 aromatic heterocycles. The molecule has 1 fully saturated rings. The number of likely N-dealkylation sites (tertiary alicyclic amines) is 1. The Balaban J connectivity index is 1.52. The lowest BCUT2D eigenvalue weighted by Crippen LogP contribution is -2.47. The van der Waals surface area contributed by atoms with Crippen LogP contribution >= 0.6 is 0 Å². The van der Waals surface area contributed by atoms with E-state index in [2.05, 4.69) is 53.4 Å². The summed E-state index contributed by atoms with van der Waals surface area (Å²) in [4.78, 5) is 2.75. The summed E-state index contributed by atoms with van der Waals surface area (Å²) in [5, 5.41) is 0. The highest BCUT2D eigenvalue weighted by atomic mass is 16.5. The van der Waals surface area contributed by atoms with Gasteiger partial charge in [-0.3, -0.25) is 4.90 Å². The molecule has 2 aromatic carbocycles. The van der Waals surface area contributed by atoms with E-state index >= 15 is 0 Å². The number of nitrogens with zero attached hydrogens (tertiary/aromatic N) is 1. The summed E-state index contributed by atoms with van der Waals surface area (Å²) in [6.45, 7) is 2.44. The Morgan fingerprint density at radius 2 is 1.92 bits per heavy atom. The number of piperidine rings is 1. The molecule has 0 amide bonds. The summed E-state index contributed by atoms with van der Waals surface area (Å²) >= 11 is 0. The monoisotopic (exact) mass is 321 g/mol. The molecule has 0 spiro atoms. The van der Waals surface area contributed by atoms with Gasteiger partial charge in [-0.05, 0) is 67.3 Å². The van der Waals surface area contributed by atoms with Crippen LogP contribution in [0.1, 0.15) is 41.9 Å². The highest BCUT2D eigenvalue weighted by Gasteiger charge is 2.36. The third-order valence-electron chi connectivity index (χ3n) is 5.90. The molecule has 2 atom stereocenters. The van der Waals surface area contributed by atoms with Crippen molar-refractivity contribution in [2.75, 3.05) is 20.2 Å². The van der Waals surface area contributed by atoms with Crippen molar-refractivity contribution in [2.45, 2.75) is 44.1 Å². The minimum atomic E-state index is 0.688. The number of hydrogen-bond donors (Lipinski definition) is 0. The number of methoxy groups -OCH3 is 1. The molecule has 4 rings (SSSR count). The number of rotatable bonds is 4. The second kappa shape index (κ2) is 6.98. The number of hydrogen-bond acceptors (Lipinski definition) is 2. The van der Waals surface area contributed by atoms with Crippen LogP contribution in [0.3, 0.4) is 0 Å². The third kappa shape index (κ3) is 2.95. The van der Waals surface area contributed by atoms with Crippen molar-refractivity contribution in [1.29, 1.82) is 0 Å². The normalized spacial score (nSPS) is 23.4. The van der Waals surface area contributed by atoms with E-state index in [9.17, 15) is 0 Å². The Kier molecular flexibility index (Phi) is 4.57. The summed E-state index contributed by atoms with van der Waals surface area (Å²) in [5.41, 5.74) is 4.47. The van der Waals surface area contributed by atoms with Gasteiger partial charge in [0, 0.05) is 12.6 Å². The van der Waals surface area contributed by atoms with Gasteiger partial charge in [0.2, 0.25) is 0 Å². The summed E-state index contributed by atoms with van der Waals surface area (Å²) in [6, 6.07) is 18.3. The first-order valence-corrected chi connectivity index (χ1v) is 9.30. The summed E-state index contributed by atoms with van der Waals surface area (Å²) < 4.78 is 5.61. The second-order valence-corrected chi connectivity index (χ2v) is 7.15. The van der Waals surface area contributed by atoms with E-state index < -0.39 is 0 Å². The lowest BCUT2D eigenvalue weighted by Gasteiger charge is -2.45. The van der Waals surface area contributed by atoms with E-state index in [0.29, 0.717) is 12.0 Å². The third-order valence-corrected chi connectivity index (χ3v) is 5.90. The van der Waals surface area contributed by atoms with Gasteiger partial charge in [-0.25, -0.2) is 0 Å². The van der Waals surface area contributed by atoms with E-state index in [-0.39, 0.29) is 0 Å². The summed E-state index contributed by atoms with van der Waals surface area (Å²) in [5.74, 6) is 1.78. The van der Waals surface area contributed by atoms with Crippen molar-refractivity contribution in [2.24, 2.45) is 0 Å². The predicted molar refractivity (Wildman–Crippen MR) is 98.8 cm³/mol. The Morgan fingerprint density at radius 3 is 2.75 bits per heavy atom. The minimum absolute atomic E-state index is 0.688. The van der Waals surface area contributed by atoms with Crippen molar-refractivity contribution in [3.05, 3.63) is 65.2 Å². The first-order chi connectivity index (χ1) is 11.9. The van der Waals surface area contributed by atoms with Gasteiger partial charge in [0.05, 0.1) is 7.11 Å². The van der Waals surface area contributed by atoms with E-state index in [4.69, 9.17) is 4.74 Å². The van der Waals surface area contributed by atoms with Gasteiger partial charge in [-0.15, -0.1) is 0 Å². The zero-order valence-electron chi connectivity index (χ0n) is 14.6. The van der Waals surface area contributed by atoms with Crippen molar-refractivity contribution in [1.82, 2.24) is 4.90 Å². The fourth-order valence-corrected chi connectivity index (χ4v) is 4.75. The van der Waals surface area contributed by atoms with Gasteiger partial charge in [-0.1, -0.05) is 42.5 Å². The van der Waals surface area contributed by atoms with Crippen LogP contribution in [-0.4, -0.2) is 31.1 Å². The standard InChI is InChI=1S/C22H27NO/c1-24-22-11-5-9-18-19-10-6-15-23(21(19)13-12-20(18)22)16-14-17-7-3-2-4-8-17/h2-5,7-9,11,19,21H,6,10,12-16H2,1H3/t19-,21-/m0/s1. The van der Waals surface area contributed by atoms with E-state index in [1.165, 1.54) is 43.5 Å². The van der Waals surface area contributed by atoms with E-state index in [1.807, 2.05) is 0 Å². The van der Waals surface area contributed by atoms with Crippen molar-refractivity contribution in [3.8, 4) is 5.75 Å². The van der Waals surface area contributed by atoms with Crippen LogP contribution in [0.25, 0.3) is 0 Å². The van der Waals surface area contributed by atoms with Gasteiger partial charge in [0.15, 0.2) is 0 Å². The number of ether oxygens (including phenoxy) is 1. The smallest absolute Gasteiger partial charge is 0.122 e. The van der Waals surface area contributed by atoms with Crippen LogP contribution in [-0.2, 0) is 12.8 Å². The largest absolute Gasteiger partial charge is 0.496 e. The molecule has 2 aromatic rings. The van der Waals surface area contributed by atoms with Crippen LogP contribution in [0.15, 0.2) is 48.5 Å². The van der Waals surface area contributed by atoms with Crippen molar-refractivity contribution >= 4 is 0 Å². The van der Waals surface area contributed by atoms with E-state index in [0.717, 1.165) is 18.6 Å². The number of fused-ring (bicyclic) bond motifs is 3. The number of benzene rings is 2. The van der Waals surface area contributed by atoms with Gasteiger partial charge in [-0.2, -0.15) is 0 Å². The van der Waals surface area contributed by atoms with Crippen molar-refractivity contribution < 1.29 is 4.74 Å². The molecule has 0 bridgehead atoms. The topological polar surface area (TPSA) is 12.5 Å². The molecule has 1 heterocycles. The maximum Gasteiger partial charge on any atom is 0.122 e. The van der Waals surface area contributed by atoms with Crippen LogP contribution in [0.4, 0.5) is 0 Å². The molecular weight excluding hydrogens is 294 g/mol. The molecule has 1 aliphatic carbocycles. The fraction of sp³-hybridized carbons (Fsp3) is 0.455. The maximum absolute atomic E-state index is 5.61. The van der Waals surface area contributed by atoms with Crippen LogP contribution in [0, 0.1) is 0 Å². The Bertz CT molecular complexity index is 682. The molecule has 126 valence electrons. The van der Waals surface area contributed by atoms with Gasteiger partial charge >= 0.3 is 0 Å². The molecule has 0 radical (unpaired) electrons. The first-order valence-electron chi connectivity index (χ1n) is 9.30. The summed E-state index contributed by atoms with van der Waals surface area (Å²) in [7, 11) is 1.80. The predicted octanol–water partition coefficient (Wildman–Crippen LogP) is 4.43. The highest BCUT2D eigenvalue weighted by molar-refractivity contribution is 5.45. The molecule has 1 aliphatic heterocycles. The van der Waals surface area contributed by atoms with Crippen LogP contribution in [0.5, 0.6) is 5.75 Å². The Hall–Kier alpha value is -1.80. The average molecular weight is 321 g/mol. The molecule has 1 saturated heterocycles. The van der Waals surface area contributed by atoms with E-state index in [1.54, 1.807) is 12.7 Å². The average Bonchev–Trinajstić information content (AvgIpc) is 2.66. The maximum atomic E-state index is 5.61. The van der Waals surface area contributed by atoms with Gasteiger partial charge in [0.1, 0.15) is 5.75 Å². The fourth-order valence-electron chi connectivity index (χ4n) is 4.75. The van der Waals surface area contributed by atoms with Gasteiger partial charge < -0.3 is 4.74 Å². The molecule has 2 aliphatic rings. The quantitative estimate of drug-likeness (QED) is 0.826. The second-order valence-electron chi connectivity index (χ2n) is 7.15. The minimum Gasteiger partial charge on any atom is -0.496 e. The first kappa shape index (κ1) is 15.7. The van der Waals surface area contributed by atoms with Gasteiger partial charge in [0.25, 0.3) is 0 Å². The Morgan fingerprint density at radius 1 is 1.04 bits per heavy atom. The molecule has 24 heavy (non-hydrogen) atoms. The van der Waals surface area contributed by atoms with Crippen LogP contribution < -0.4 is 4.74 Å². The zero-order valence-corrected chi connectivity index (χ0v) is 14.6. The highest BCUT2D eigenvalue weighted by Crippen LogP contribution is 2.43. The van der Waals surface area contributed by atoms with Crippen molar-refractivity contribution in [3.63, 3.8) is 0 Å². The molecule has 0 unspecified atom stereocenters. The lowest BCUT2D eigenvalue weighted by atomic mass is 9.74. The lowest BCUT2D eigenvalue weighted by molar-refractivity contribution is 0.113. The summed E-state index contributed by atoms with van der Waals surface area (Å²) in [6.07, 6.45) is 6.23. The SMILES string of the molecule is COc1cccc2c1CC[C@H]1[C@H]2CCCN1CCc1ccccc1. The zero-order chi connectivity index (χ0) is 16.4. The molecular formula is C22H27NO. The van der Waals surface area contributed by atoms with Crippen LogP contribution in [0.2, 0.25) is 0 Å².